The Morgan fingerprint density at radius 3 is 2.58 bits per heavy atom. The minimum Gasteiger partial charge on any atom is -0.369 e. The molecule has 0 atom stereocenters. The van der Waals surface area contributed by atoms with Gasteiger partial charge in [-0.2, -0.15) is 5.10 Å². The van der Waals surface area contributed by atoms with E-state index in [1.807, 2.05) is 25.6 Å². The van der Waals surface area contributed by atoms with Gasteiger partial charge in [-0.05, 0) is 6.92 Å². The Morgan fingerprint density at radius 2 is 2.00 bits per heavy atom. The molecule has 0 unspecified atom stereocenters. The zero-order valence-electron chi connectivity index (χ0n) is 7.37. The second-order valence-corrected chi connectivity index (χ2v) is 2.91. The molecule has 2 aromatic rings. The summed E-state index contributed by atoms with van der Waals surface area (Å²) in [5.41, 5.74) is 8.41. The third-order valence-electron chi connectivity index (χ3n) is 2.05. The number of hydrogen-bond donors (Lipinski definition) is 1. The van der Waals surface area contributed by atoms with Crippen LogP contribution in [0.4, 0.5) is 5.95 Å². The number of nitrogens with two attached hydrogens (primary N) is 1. The molecule has 0 aliphatic carbocycles. The van der Waals surface area contributed by atoms with Gasteiger partial charge in [-0.1, -0.05) is 0 Å². The summed E-state index contributed by atoms with van der Waals surface area (Å²) in [6, 6.07) is 0. The van der Waals surface area contributed by atoms with Crippen molar-refractivity contribution in [1.29, 1.82) is 0 Å². The molecule has 0 saturated carbocycles. The van der Waals surface area contributed by atoms with Crippen molar-refractivity contribution in [2.24, 2.45) is 14.1 Å². The molecule has 0 spiro atoms. The molecule has 0 bridgehead atoms. The van der Waals surface area contributed by atoms with Crippen LogP contribution in [0.25, 0.3) is 11.2 Å². The van der Waals surface area contributed by atoms with Gasteiger partial charge in [0.15, 0.2) is 5.65 Å². The van der Waals surface area contributed by atoms with Gasteiger partial charge in [0, 0.05) is 14.1 Å². The van der Waals surface area contributed by atoms with Crippen LogP contribution in [0.15, 0.2) is 0 Å². The first-order chi connectivity index (χ1) is 5.61. The number of imidazole rings is 1. The van der Waals surface area contributed by atoms with Gasteiger partial charge in [0.25, 0.3) is 0 Å². The van der Waals surface area contributed by atoms with E-state index in [4.69, 9.17) is 5.73 Å². The zero-order valence-corrected chi connectivity index (χ0v) is 7.37. The molecule has 0 radical (unpaired) electrons. The molecule has 2 heterocycles. The van der Waals surface area contributed by atoms with E-state index in [1.54, 1.807) is 4.68 Å². The predicted octanol–water partition coefficient (Wildman–Crippen LogP) is 0.197. The van der Waals surface area contributed by atoms with Crippen LogP contribution in [-0.4, -0.2) is 19.3 Å². The maximum Gasteiger partial charge on any atom is 0.202 e. The van der Waals surface area contributed by atoms with Gasteiger partial charge in [-0.15, -0.1) is 0 Å². The third kappa shape index (κ3) is 0.677. The summed E-state index contributed by atoms with van der Waals surface area (Å²) in [4.78, 5) is 4.19. The molecule has 0 amide bonds. The largest absolute Gasteiger partial charge is 0.369 e. The minimum absolute atomic E-state index is 0.529. The average molecular weight is 165 g/mol. The molecule has 0 aliphatic heterocycles. The average Bonchev–Trinajstić information content (AvgIpc) is 2.41. The van der Waals surface area contributed by atoms with Crippen molar-refractivity contribution in [1.82, 2.24) is 19.3 Å². The number of rotatable bonds is 0. The summed E-state index contributed by atoms with van der Waals surface area (Å²) in [6.45, 7) is 1.93. The number of anilines is 1. The lowest BCUT2D eigenvalue weighted by atomic mass is 10.4. The lowest BCUT2D eigenvalue weighted by Gasteiger charge is -1.96. The number of aromatic nitrogens is 4. The first-order valence-corrected chi connectivity index (χ1v) is 3.72. The van der Waals surface area contributed by atoms with Crippen molar-refractivity contribution in [3.8, 4) is 0 Å². The Morgan fingerprint density at radius 1 is 1.33 bits per heavy atom. The predicted molar refractivity (Wildman–Crippen MR) is 46.6 cm³/mol. The smallest absolute Gasteiger partial charge is 0.202 e. The third-order valence-corrected chi connectivity index (χ3v) is 2.05. The summed E-state index contributed by atoms with van der Waals surface area (Å²) >= 11 is 0. The second-order valence-electron chi connectivity index (χ2n) is 2.91. The van der Waals surface area contributed by atoms with E-state index < -0.39 is 0 Å². The normalized spacial score (nSPS) is 11.2. The molecule has 5 nitrogen and oxygen atoms in total. The number of hydrogen-bond acceptors (Lipinski definition) is 3. The van der Waals surface area contributed by atoms with Crippen LogP contribution < -0.4 is 5.73 Å². The second kappa shape index (κ2) is 2.00. The van der Waals surface area contributed by atoms with Crippen LogP contribution >= 0.6 is 0 Å². The van der Waals surface area contributed by atoms with Crippen molar-refractivity contribution >= 4 is 17.1 Å². The van der Waals surface area contributed by atoms with E-state index in [0.29, 0.717) is 5.95 Å². The monoisotopic (exact) mass is 165 g/mol. The zero-order chi connectivity index (χ0) is 8.88. The fourth-order valence-corrected chi connectivity index (χ4v) is 1.44. The van der Waals surface area contributed by atoms with Crippen molar-refractivity contribution in [3.63, 3.8) is 0 Å². The summed E-state index contributed by atoms with van der Waals surface area (Å²) in [6.07, 6.45) is 0. The van der Waals surface area contributed by atoms with Gasteiger partial charge in [0.1, 0.15) is 5.52 Å². The minimum atomic E-state index is 0.529. The quantitative estimate of drug-likeness (QED) is 0.606. The highest BCUT2D eigenvalue weighted by Gasteiger charge is 2.12. The van der Waals surface area contributed by atoms with E-state index in [2.05, 4.69) is 10.1 Å². The number of aryl methyl sites for hydroxylation is 3. The van der Waals surface area contributed by atoms with E-state index >= 15 is 0 Å². The summed E-state index contributed by atoms with van der Waals surface area (Å²) in [5.74, 6) is 0.529. The Balaban J connectivity index is 2.98. The molecular formula is C7H11N5. The summed E-state index contributed by atoms with van der Waals surface area (Å²) in [7, 11) is 3.77. The van der Waals surface area contributed by atoms with Crippen LogP contribution in [-0.2, 0) is 14.1 Å². The van der Waals surface area contributed by atoms with Crippen LogP contribution in [0.5, 0.6) is 0 Å². The molecule has 0 saturated heterocycles. The van der Waals surface area contributed by atoms with Crippen LogP contribution in [0.2, 0.25) is 0 Å². The molecule has 2 N–H and O–H groups in total. The van der Waals surface area contributed by atoms with Crippen LogP contribution in [0.3, 0.4) is 0 Å². The van der Waals surface area contributed by atoms with E-state index in [1.165, 1.54) is 0 Å². The summed E-state index contributed by atoms with van der Waals surface area (Å²) in [5, 5.41) is 4.23. The van der Waals surface area contributed by atoms with Gasteiger partial charge in [-0.25, -0.2) is 4.98 Å². The molecule has 12 heavy (non-hydrogen) atoms. The molecule has 0 aromatic carbocycles. The molecule has 0 aliphatic rings. The Bertz CT molecular complexity index is 436. The van der Waals surface area contributed by atoms with Crippen molar-refractivity contribution in [3.05, 3.63) is 5.69 Å². The maximum absolute atomic E-state index is 5.65. The highest BCUT2D eigenvalue weighted by Crippen LogP contribution is 2.17. The van der Waals surface area contributed by atoms with Crippen molar-refractivity contribution in [2.75, 3.05) is 5.73 Å². The lowest BCUT2D eigenvalue weighted by Crippen LogP contribution is -2.01. The first kappa shape index (κ1) is 7.15. The Hall–Kier alpha value is -1.52. The maximum atomic E-state index is 5.65. The Labute approximate surface area is 69.8 Å². The van der Waals surface area contributed by atoms with Gasteiger partial charge in [0.2, 0.25) is 5.95 Å². The fraction of sp³-hybridized carbons (Fsp3) is 0.429. The van der Waals surface area contributed by atoms with E-state index in [9.17, 15) is 0 Å². The van der Waals surface area contributed by atoms with Gasteiger partial charge in [0.05, 0.1) is 5.69 Å². The number of fused-ring (bicyclic) bond motifs is 1. The number of nitrogen functional groups attached to an aromatic ring is 1. The standard InChI is InChI=1S/C7H11N5/c1-4-5-6(12(3)10-4)11(2)7(8)9-5/h1-3H3,(H2,8,9). The van der Waals surface area contributed by atoms with Crippen LogP contribution in [0, 0.1) is 6.92 Å². The molecule has 64 valence electrons. The van der Waals surface area contributed by atoms with Gasteiger partial charge in [-0.3, -0.25) is 9.25 Å². The molecule has 2 rings (SSSR count). The fourth-order valence-electron chi connectivity index (χ4n) is 1.44. The van der Waals surface area contributed by atoms with Crippen LogP contribution in [0.1, 0.15) is 5.69 Å². The first-order valence-electron chi connectivity index (χ1n) is 3.72. The highest BCUT2D eigenvalue weighted by molar-refractivity contribution is 5.77. The summed E-state index contributed by atoms with van der Waals surface area (Å²) < 4.78 is 3.61. The SMILES string of the molecule is Cc1nn(C)c2c1nc(N)n2C. The van der Waals surface area contributed by atoms with E-state index in [-0.39, 0.29) is 0 Å². The molecule has 5 heteroatoms. The molecular weight excluding hydrogens is 154 g/mol. The Kier molecular flexibility index (Phi) is 1.19. The van der Waals surface area contributed by atoms with E-state index in [0.717, 1.165) is 16.9 Å². The highest BCUT2D eigenvalue weighted by atomic mass is 15.3. The topological polar surface area (TPSA) is 61.7 Å². The number of nitrogens with zero attached hydrogens (tertiary/aromatic N) is 4. The van der Waals surface area contributed by atoms with Gasteiger partial charge >= 0.3 is 0 Å². The van der Waals surface area contributed by atoms with Crippen molar-refractivity contribution < 1.29 is 0 Å². The molecule has 2 aromatic heterocycles. The van der Waals surface area contributed by atoms with Crippen molar-refractivity contribution in [2.45, 2.75) is 6.92 Å². The molecule has 0 fully saturated rings. The lowest BCUT2D eigenvalue weighted by molar-refractivity contribution is 0.748. The van der Waals surface area contributed by atoms with Gasteiger partial charge < -0.3 is 5.73 Å².